The molecule has 0 radical (unpaired) electrons. The van der Waals surface area contributed by atoms with Gasteiger partial charge in [-0.2, -0.15) is 0 Å². The topological polar surface area (TPSA) is 15.3 Å². The van der Waals surface area contributed by atoms with Crippen molar-refractivity contribution in [2.75, 3.05) is 6.54 Å². The van der Waals surface area contributed by atoms with Crippen molar-refractivity contribution >= 4 is 0 Å². The van der Waals surface area contributed by atoms with Crippen LogP contribution >= 0.6 is 0 Å². The van der Waals surface area contributed by atoms with Gasteiger partial charge in [-0.1, -0.05) is 13.8 Å². The van der Waals surface area contributed by atoms with Gasteiger partial charge in [0.25, 0.3) is 0 Å². The Balaban J connectivity index is 1.83. The third-order valence-electron chi connectivity index (χ3n) is 3.76. The van der Waals surface area contributed by atoms with Crippen LogP contribution in [0.5, 0.6) is 0 Å². The van der Waals surface area contributed by atoms with Crippen LogP contribution in [-0.4, -0.2) is 35.6 Å². The lowest BCUT2D eigenvalue weighted by Gasteiger charge is -2.47. The molecule has 1 aliphatic carbocycles. The van der Waals surface area contributed by atoms with Crippen LogP contribution in [0.15, 0.2) is 0 Å². The molecule has 0 bridgehead atoms. The van der Waals surface area contributed by atoms with E-state index in [0.717, 1.165) is 24.0 Å². The van der Waals surface area contributed by atoms with Gasteiger partial charge in [-0.15, -0.1) is 0 Å². The first-order chi connectivity index (χ1) is 6.58. The molecule has 1 heterocycles. The minimum Gasteiger partial charge on any atom is -0.312 e. The lowest BCUT2D eigenvalue weighted by molar-refractivity contribution is 0.00974. The van der Waals surface area contributed by atoms with Crippen LogP contribution in [-0.2, 0) is 0 Å². The van der Waals surface area contributed by atoms with Gasteiger partial charge < -0.3 is 5.32 Å². The molecule has 2 aliphatic rings. The van der Waals surface area contributed by atoms with Crippen LogP contribution in [0.2, 0.25) is 0 Å². The molecular weight excluding hydrogens is 172 g/mol. The van der Waals surface area contributed by atoms with Crippen molar-refractivity contribution < 1.29 is 0 Å². The van der Waals surface area contributed by atoms with Crippen LogP contribution in [0.3, 0.4) is 0 Å². The number of likely N-dealkylation sites (tertiary alicyclic amines) is 1. The molecule has 82 valence electrons. The third-order valence-corrected chi connectivity index (χ3v) is 3.76. The van der Waals surface area contributed by atoms with E-state index in [1.807, 2.05) is 0 Å². The van der Waals surface area contributed by atoms with Crippen LogP contribution in [0.1, 0.15) is 40.5 Å². The maximum atomic E-state index is 3.68. The molecule has 3 atom stereocenters. The smallest absolute Gasteiger partial charge is 0.0154 e. The summed E-state index contributed by atoms with van der Waals surface area (Å²) >= 11 is 0. The highest BCUT2D eigenvalue weighted by molar-refractivity contribution is 5.02. The maximum absolute atomic E-state index is 3.68. The highest BCUT2D eigenvalue weighted by atomic mass is 15.3. The SMILES string of the molecule is CC(C)NC1C[C@@H]2CN(C(C)C)[C@@H]2C1. The molecule has 1 unspecified atom stereocenters. The second-order valence-corrected chi connectivity index (χ2v) is 5.61. The first-order valence-corrected chi connectivity index (χ1v) is 6.09. The van der Waals surface area contributed by atoms with Gasteiger partial charge in [0.05, 0.1) is 0 Å². The number of nitrogens with one attached hydrogen (secondary N) is 1. The summed E-state index contributed by atoms with van der Waals surface area (Å²) in [7, 11) is 0. The Morgan fingerprint density at radius 3 is 2.43 bits per heavy atom. The van der Waals surface area contributed by atoms with Crippen LogP contribution in [0, 0.1) is 5.92 Å². The average Bonchev–Trinajstić information content (AvgIpc) is 2.29. The lowest BCUT2D eigenvalue weighted by atomic mass is 9.90. The van der Waals surface area contributed by atoms with E-state index in [-0.39, 0.29) is 0 Å². The summed E-state index contributed by atoms with van der Waals surface area (Å²) in [6.07, 6.45) is 2.78. The van der Waals surface area contributed by atoms with Crippen LogP contribution < -0.4 is 5.32 Å². The molecule has 1 saturated heterocycles. The molecule has 0 amide bonds. The Morgan fingerprint density at radius 1 is 1.14 bits per heavy atom. The third kappa shape index (κ3) is 1.82. The van der Waals surface area contributed by atoms with E-state index in [1.54, 1.807) is 0 Å². The predicted octanol–water partition coefficient (Wildman–Crippen LogP) is 1.86. The molecule has 1 N–H and O–H groups in total. The molecular formula is C12H24N2. The number of hydrogen-bond donors (Lipinski definition) is 1. The minimum absolute atomic E-state index is 0.644. The number of rotatable bonds is 3. The molecule has 0 aromatic heterocycles. The summed E-state index contributed by atoms with van der Waals surface area (Å²) < 4.78 is 0. The van der Waals surface area contributed by atoms with Crippen molar-refractivity contribution in [1.29, 1.82) is 0 Å². The van der Waals surface area contributed by atoms with Gasteiger partial charge in [0.2, 0.25) is 0 Å². The van der Waals surface area contributed by atoms with Crippen molar-refractivity contribution in [3.63, 3.8) is 0 Å². The molecule has 0 spiro atoms. The summed E-state index contributed by atoms with van der Waals surface area (Å²) in [5, 5.41) is 3.68. The molecule has 0 aromatic rings. The molecule has 2 fully saturated rings. The zero-order valence-corrected chi connectivity index (χ0v) is 9.96. The van der Waals surface area contributed by atoms with E-state index in [0.29, 0.717) is 6.04 Å². The zero-order chi connectivity index (χ0) is 10.3. The van der Waals surface area contributed by atoms with Crippen molar-refractivity contribution in [1.82, 2.24) is 10.2 Å². The molecule has 1 aliphatic heterocycles. The summed E-state index contributed by atoms with van der Waals surface area (Å²) in [5.74, 6) is 0.994. The Morgan fingerprint density at radius 2 is 1.86 bits per heavy atom. The maximum Gasteiger partial charge on any atom is 0.0154 e. The fraction of sp³-hybridized carbons (Fsp3) is 1.00. The largest absolute Gasteiger partial charge is 0.312 e. The number of hydrogen-bond acceptors (Lipinski definition) is 2. The quantitative estimate of drug-likeness (QED) is 0.741. The van der Waals surface area contributed by atoms with Crippen molar-refractivity contribution in [3.8, 4) is 0 Å². The van der Waals surface area contributed by atoms with E-state index < -0.39 is 0 Å². The van der Waals surface area contributed by atoms with Crippen LogP contribution in [0.25, 0.3) is 0 Å². The van der Waals surface area contributed by atoms with Gasteiger partial charge in [0.15, 0.2) is 0 Å². The zero-order valence-electron chi connectivity index (χ0n) is 9.96. The Hall–Kier alpha value is -0.0800. The molecule has 0 aromatic carbocycles. The molecule has 2 heteroatoms. The van der Waals surface area contributed by atoms with Crippen molar-refractivity contribution in [2.24, 2.45) is 5.92 Å². The second-order valence-electron chi connectivity index (χ2n) is 5.61. The standard InChI is InChI=1S/C12H24N2/c1-8(2)13-11-5-10-7-14(9(3)4)12(10)6-11/h8-13H,5-7H2,1-4H3/t10-,11?,12-/m1/s1. The van der Waals surface area contributed by atoms with E-state index in [2.05, 4.69) is 37.9 Å². The van der Waals surface area contributed by atoms with E-state index in [4.69, 9.17) is 0 Å². The van der Waals surface area contributed by atoms with Gasteiger partial charge in [-0.25, -0.2) is 0 Å². The Bertz CT molecular complexity index is 200. The summed E-state index contributed by atoms with van der Waals surface area (Å²) in [5.41, 5.74) is 0. The fourth-order valence-corrected chi connectivity index (χ4v) is 3.17. The van der Waals surface area contributed by atoms with Gasteiger partial charge >= 0.3 is 0 Å². The Kier molecular flexibility index (Phi) is 2.85. The van der Waals surface area contributed by atoms with E-state index in [1.165, 1.54) is 19.4 Å². The van der Waals surface area contributed by atoms with Crippen molar-refractivity contribution in [3.05, 3.63) is 0 Å². The lowest BCUT2D eigenvalue weighted by Crippen LogP contribution is -2.56. The minimum atomic E-state index is 0.644. The fourth-order valence-electron chi connectivity index (χ4n) is 3.17. The van der Waals surface area contributed by atoms with Gasteiger partial charge in [0, 0.05) is 30.7 Å². The molecule has 2 nitrogen and oxygen atoms in total. The normalized spacial score (nSPS) is 37.7. The van der Waals surface area contributed by atoms with Gasteiger partial charge in [-0.3, -0.25) is 4.90 Å². The monoisotopic (exact) mass is 196 g/mol. The van der Waals surface area contributed by atoms with E-state index >= 15 is 0 Å². The second kappa shape index (κ2) is 3.82. The summed E-state index contributed by atoms with van der Waals surface area (Å²) in [4.78, 5) is 2.66. The summed E-state index contributed by atoms with van der Waals surface area (Å²) in [6, 6.07) is 3.07. The molecule has 1 saturated carbocycles. The number of fused-ring (bicyclic) bond motifs is 1. The highest BCUT2D eigenvalue weighted by Gasteiger charge is 2.46. The first-order valence-electron chi connectivity index (χ1n) is 6.09. The van der Waals surface area contributed by atoms with E-state index in [9.17, 15) is 0 Å². The van der Waals surface area contributed by atoms with Gasteiger partial charge in [-0.05, 0) is 32.6 Å². The predicted molar refractivity (Wildman–Crippen MR) is 60.4 cm³/mol. The van der Waals surface area contributed by atoms with Crippen molar-refractivity contribution in [2.45, 2.75) is 64.7 Å². The summed E-state index contributed by atoms with van der Waals surface area (Å²) in [6.45, 7) is 10.5. The first kappa shape index (κ1) is 10.4. The van der Waals surface area contributed by atoms with Crippen LogP contribution in [0.4, 0.5) is 0 Å². The Labute approximate surface area is 88.1 Å². The average molecular weight is 196 g/mol. The number of nitrogens with zero attached hydrogens (tertiary/aromatic N) is 1. The molecule has 2 rings (SSSR count). The molecule has 14 heavy (non-hydrogen) atoms. The van der Waals surface area contributed by atoms with Gasteiger partial charge in [0.1, 0.15) is 0 Å². The highest BCUT2D eigenvalue weighted by Crippen LogP contribution is 2.40.